The lowest BCUT2D eigenvalue weighted by Crippen LogP contribution is -2.50. The first-order valence-corrected chi connectivity index (χ1v) is 10.2. The average molecular weight is 399 g/mol. The van der Waals surface area contributed by atoms with Gasteiger partial charge in [0.05, 0.1) is 10.4 Å². The maximum Gasteiger partial charge on any atom is 0.419 e. The molecule has 3 heterocycles. The lowest BCUT2D eigenvalue weighted by Gasteiger charge is -2.34. The summed E-state index contributed by atoms with van der Waals surface area (Å²) >= 11 is 1.44. The number of aromatic nitrogens is 1. The van der Waals surface area contributed by atoms with Gasteiger partial charge in [0.15, 0.2) is 5.58 Å². The van der Waals surface area contributed by atoms with Crippen LogP contribution in [0.5, 0.6) is 0 Å². The Kier molecular flexibility index (Phi) is 5.29. The molecule has 0 saturated carbocycles. The minimum absolute atomic E-state index is 0.0355. The van der Waals surface area contributed by atoms with Crippen LogP contribution in [0.1, 0.15) is 22.5 Å². The number of piperazine rings is 1. The van der Waals surface area contributed by atoms with Gasteiger partial charge >= 0.3 is 5.76 Å². The molecule has 7 nitrogen and oxygen atoms in total. The summed E-state index contributed by atoms with van der Waals surface area (Å²) in [5.74, 6) is -0.299. The van der Waals surface area contributed by atoms with E-state index in [2.05, 4.69) is 0 Å². The maximum absolute atomic E-state index is 12.5. The van der Waals surface area contributed by atoms with E-state index in [9.17, 15) is 14.4 Å². The molecule has 2 aromatic heterocycles. The molecule has 2 amide bonds. The molecule has 4 rings (SSSR count). The lowest BCUT2D eigenvalue weighted by atomic mass is 10.2. The number of aryl methyl sites for hydroxylation is 1. The second kappa shape index (κ2) is 8.02. The Morgan fingerprint density at radius 2 is 1.75 bits per heavy atom. The summed E-state index contributed by atoms with van der Waals surface area (Å²) in [6.45, 7) is 2.64. The summed E-state index contributed by atoms with van der Waals surface area (Å²) < 4.78 is 6.78. The third-order valence-electron chi connectivity index (χ3n) is 5.00. The third-order valence-corrected chi connectivity index (χ3v) is 5.86. The molecule has 0 spiro atoms. The van der Waals surface area contributed by atoms with Crippen molar-refractivity contribution in [3.63, 3.8) is 0 Å². The zero-order chi connectivity index (χ0) is 19.5. The van der Waals surface area contributed by atoms with Crippen LogP contribution in [0, 0.1) is 0 Å². The van der Waals surface area contributed by atoms with E-state index < -0.39 is 5.76 Å². The fourth-order valence-corrected chi connectivity index (χ4v) is 4.18. The molecule has 1 saturated heterocycles. The Bertz CT molecular complexity index is 1030. The van der Waals surface area contributed by atoms with Gasteiger partial charge in [-0.05, 0) is 30.0 Å². The zero-order valence-electron chi connectivity index (χ0n) is 15.4. The van der Waals surface area contributed by atoms with E-state index in [-0.39, 0.29) is 11.8 Å². The van der Waals surface area contributed by atoms with Crippen molar-refractivity contribution < 1.29 is 14.0 Å². The third kappa shape index (κ3) is 3.73. The summed E-state index contributed by atoms with van der Waals surface area (Å²) in [4.78, 5) is 41.2. The molecule has 1 aliphatic heterocycles. The number of para-hydroxylation sites is 2. The number of amides is 2. The van der Waals surface area contributed by atoms with Crippen molar-refractivity contribution in [3.05, 3.63) is 57.2 Å². The summed E-state index contributed by atoms with van der Waals surface area (Å²) in [7, 11) is 0. The monoisotopic (exact) mass is 399 g/mol. The van der Waals surface area contributed by atoms with Crippen LogP contribution >= 0.6 is 11.3 Å². The maximum atomic E-state index is 12.5. The number of carbonyl (C=O) groups excluding carboxylic acids is 2. The average Bonchev–Trinajstić information content (AvgIpc) is 3.36. The highest BCUT2D eigenvalue weighted by atomic mass is 32.1. The van der Waals surface area contributed by atoms with Crippen molar-refractivity contribution in [1.29, 1.82) is 0 Å². The van der Waals surface area contributed by atoms with Gasteiger partial charge in [-0.3, -0.25) is 14.2 Å². The van der Waals surface area contributed by atoms with Crippen molar-refractivity contribution in [2.24, 2.45) is 0 Å². The summed E-state index contributed by atoms with van der Waals surface area (Å²) in [5.41, 5.74) is 1.31. The van der Waals surface area contributed by atoms with Crippen LogP contribution in [0.25, 0.3) is 11.1 Å². The molecule has 146 valence electrons. The van der Waals surface area contributed by atoms with E-state index in [1.807, 2.05) is 35.7 Å². The van der Waals surface area contributed by atoms with Crippen LogP contribution in [-0.2, 0) is 11.3 Å². The number of rotatable bonds is 5. The summed E-state index contributed by atoms with van der Waals surface area (Å²) in [5, 5.41) is 1.89. The van der Waals surface area contributed by atoms with E-state index in [0.29, 0.717) is 51.1 Å². The molecule has 0 unspecified atom stereocenters. The molecule has 0 radical (unpaired) electrons. The highest BCUT2D eigenvalue weighted by Crippen LogP contribution is 2.15. The minimum atomic E-state index is -0.394. The first-order chi connectivity index (χ1) is 13.6. The number of benzene rings is 1. The van der Waals surface area contributed by atoms with Gasteiger partial charge in [0.2, 0.25) is 5.91 Å². The molecule has 1 aromatic carbocycles. The smallest absolute Gasteiger partial charge is 0.408 e. The standard InChI is InChI=1S/C20H21N3O4S/c24-18(8-3-9-23-15-5-1-2-6-16(15)27-20(23)26)21-10-12-22(13-11-21)19(25)17-7-4-14-28-17/h1-2,4-7,14H,3,8-13H2. The van der Waals surface area contributed by atoms with Gasteiger partial charge in [-0.1, -0.05) is 18.2 Å². The molecule has 1 fully saturated rings. The number of carbonyl (C=O) groups is 2. The predicted molar refractivity (Wildman–Crippen MR) is 107 cm³/mol. The molecule has 3 aromatic rings. The fraction of sp³-hybridized carbons (Fsp3) is 0.350. The fourth-order valence-electron chi connectivity index (χ4n) is 3.49. The van der Waals surface area contributed by atoms with Crippen molar-refractivity contribution >= 4 is 34.3 Å². The van der Waals surface area contributed by atoms with Crippen LogP contribution < -0.4 is 5.76 Å². The normalized spacial score (nSPS) is 14.6. The number of fused-ring (bicyclic) bond motifs is 1. The zero-order valence-corrected chi connectivity index (χ0v) is 16.2. The van der Waals surface area contributed by atoms with Crippen LogP contribution in [-0.4, -0.2) is 52.4 Å². The first-order valence-electron chi connectivity index (χ1n) is 9.32. The molecule has 8 heteroatoms. The molecule has 0 N–H and O–H groups in total. The van der Waals surface area contributed by atoms with Crippen LogP contribution in [0.2, 0.25) is 0 Å². The Morgan fingerprint density at radius 3 is 2.50 bits per heavy atom. The SMILES string of the molecule is O=C(CCCn1c(=O)oc2ccccc21)N1CCN(C(=O)c2cccs2)CC1. The number of oxazole rings is 1. The van der Waals surface area contributed by atoms with Crippen LogP contribution in [0.15, 0.2) is 51.0 Å². The molecular weight excluding hydrogens is 378 g/mol. The second-order valence-corrected chi connectivity index (χ2v) is 7.69. The van der Waals surface area contributed by atoms with Gasteiger partial charge in [0, 0.05) is 39.1 Å². The Labute approximate surface area is 165 Å². The largest absolute Gasteiger partial charge is 0.419 e. The summed E-state index contributed by atoms with van der Waals surface area (Å²) in [6, 6.07) is 11.0. The van der Waals surface area contributed by atoms with Gasteiger partial charge in [0.1, 0.15) is 0 Å². The quantitative estimate of drug-likeness (QED) is 0.660. The highest BCUT2D eigenvalue weighted by molar-refractivity contribution is 7.12. The molecule has 1 aliphatic rings. The van der Waals surface area contributed by atoms with E-state index >= 15 is 0 Å². The Balaban J connectivity index is 1.27. The van der Waals surface area contributed by atoms with Gasteiger partial charge in [-0.2, -0.15) is 0 Å². The first kappa shape index (κ1) is 18.5. The number of nitrogens with zero attached hydrogens (tertiary/aromatic N) is 3. The lowest BCUT2D eigenvalue weighted by molar-refractivity contribution is -0.132. The van der Waals surface area contributed by atoms with Crippen molar-refractivity contribution in [3.8, 4) is 0 Å². The van der Waals surface area contributed by atoms with E-state index in [1.54, 1.807) is 20.4 Å². The molecule has 0 atom stereocenters. The van der Waals surface area contributed by atoms with Crippen LogP contribution in [0.3, 0.4) is 0 Å². The number of hydrogen-bond donors (Lipinski definition) is 0. The Hall–Kier alpha value is -2.87. The van der Waals surface area contributed by atoms with Gasteiger partial charge in [-0.15, -0.1) is 11.3 Å². The predicted octanol–water partition coefficient (Wildman–Crippen LogP) is 2.42. The second-order valence-electron chi connectivity index (χ2n) is 6.74. The van der Waals surface area contributed by atoms with Gasteiger partial charge in [0.25, 0.3) is 5.91 Å². The van der Waals surface area contributed by atoms with Crippen molar-refractivity contribution in [2.75, 3.05) is 26.2 Å². The number of hydrogen-bond acceptors (Lipinski definition) is 5. The molecular formula is C20H21N3O4S. The minimum Gasteiger partial charge on any atom is -0.408 e. The van der Waals surface area contributed by atoms with Gasteiger partial charge in [-0.25, -0.2) is 4.79 Å². The molecule has 28 heavy (non-hydrogen) atoms. The van der Waals surface area contributed by atoms with E-state index in [0.717, 1.165) is 10.4 Å². The van der Waals surface area contributed by atoms with Gasteiger partial charge < -0.3 is 14.2 Å². The van der Waals surface area contributed by atoms with E-state index in [4.69, 9.17) is 4.42 Å². The molecule has 0 bridgehead atoms. The van der Waals surface area contributed by atoms with Crippen molar-refractivity contribution in [2.45, 2.75) is 19.4 Å². The topological polar surface area (TPSA) is 75.8 Å². The summed E-state index contributed by atoms with van der Waals surface area (Å²) in [6.07, 6.45) is 0.932. The molecule has 0 aliphatic carbocycles. The van der Waals surface area contributed by atoms with Crippen LogP contribution in [0.4, 0.5) is 0 Å². The Morgan fingerprint density at radius 1 is 1.00 bits per heavy atom. The highest BCUT2D eigenvalue weighted by Gasteiger charge is 2.25. The van der Waals surface area contributed by atoms with Crippen molar-refractivity contribution in [1.82, 2.24) is 14.4 Å². The number of thiophene rings is 1. The van der Waals surface area contributed by atoms with E-state index in [1.165, 1.54) is 11.3 Å².